The Labute approximate surface area is 415 Å². The number of unbranched alkanes of at least 4 members (excludes halogenated alkanes) is 18. The van der Waals surface area contributed by atoms with Crippen LogP contribution < -0.4 is 0 Å². The van der Waals surface area contributed by atoms with E-state index in [-0.39, 0.29) is 64.8 Å². The summed E-state index contributed by atoms with van der Waals surface area (Å²) in [6.07, 6.45) is 43.6. The topological polar surface area (TPSA) is 82.1 Å². The summed E-state index contributed by atoms with van der Waals surface area (Å²) in [5.74, 6) is 1.60. The monoisotopic (exact) mass is 1030 g/mol. The standard InChI is InChI=1S/C57H104INO6/c1-7-12-16-19-23-29-34-47(33-28-18-14-9-3)56(61)64-51(37-32-26-22-21-25-31-36-50-45-49(50)35-30-24-20-17-13-8-2)41-44-63-55(60)46-53(58)52(38-27-15-10-4)54(11-5)65-57(62)48-39-42-59(6)43-40-48/h15,27,47-54H,7-14,16-26,28-46H2,1-6H3/b27-15-. The number of ether oxygens (including phenoxy) is 3. The number of alkyl halides is 1. The highest BCUT2D eigenvalue weighted by molar-refractivity contribution is 14.1. The predicted octanol–water partition coefficient (Wildman–Crippen LogP) is 16.5. The molecule has 1 heterocycles. The normalized spacial score (nSPS) is 19.2. The van der Waals surface area contributed by atoms with Crippen LogP contribution in [0.3, 0.4) is 0 Å². The van der Waals surface area contributed by atoms with Gasteiger partial charge in [-0.3, -0.25) is 14.4 Å². The molecule has 2 rings (SSSR count). The molecule has 1 saturated carbocycles. The van der Waals surface area contributed by atoms with E-state index in [1.807, 2.05) is 0 Å². The highest BCUT2D eigenvalue weighted by Crippen LogP contribution is 2.46. The van der Waals surface area contributed by atoms with E-state index in [1.165, 1.54) is 135 Å². The van der Waals surface area contributed by atoms with Gasteiger partial charge in [0.15, 0.2) is 0 Å². The fourth-order valence-electron chi connectivity index (χ4n) is 10.2. The molecule has 0 spiro atoms. The van der Waals surface area contributed by atoms with E-state index in [9.17, 15) is 14.4 Å². The Bertz CT molecular complexity index is 1200. The summed E-state index contributed by atoms with van der Waals surface area (Å²) in [7, 11) is 2.10. The third-order valence-electron chi connectivity index (χ3n) is 14.8. The van der Waals surface area contributed by atoms with E-state index < -0.39 is 0 Å². The minimum atomic E-state index is -0.251. The molecule has 0 aromatic heterocycles. The molecule has 2 aliphatic rings. The van der Waals surface area contributed by atoms with Gasteiger partial charge >= 0.3 is 17.9 Å². The second-order valence-electron chi connectivity index (χ2n) is 20.6. The fraction of sp³-hybridized carbons (Fsp3) is 0.912. The number of hydrogen-bond donors (Lipinski definition) is 0. The number of carbonyl (C=O) groups is 3. The predicted molar refractivity (Wildman–Crippen MR) is 283 cm³/mol. The number of hydrogen-bond acceptors (Lipinski definition) is 7. The number of halogens is 1. The molecule has 0 radical (unpaired) electrons. The third kappa shape index (κ3) is 29.5. The van der Waals surface area contributed by atoms with Crippen LogP contribution >= 0.6 is 22.6 Å². The molecule has 65 heavy (non-hydrogen) atoms. The Morgan fingerprint density at radius 1 is 0.631 bits per heavy atom. The second kappa shape index (κ2) is 39.7. The molecule has 380 valence electrons. The van der Waals surface area contributed by atoms with Crippen LogP contribution in [0.4, 0.5) is 0 Å². The van der Waals surface area contributed by atoms with Gasteiger partial charge in [-0.2, -0.15) is 0 Å². The van der Waals surface area contributed by atoms with Crippen molar-refractivity contribution in [1.29, 1.82) is 0 Å². The fourth-order valence-corrected chi connectivity index (χ4v) is 11.3. The first kappa shape index (κ1) is 60.0. The summed E-state index contributed by atoms with van der Waals surface area (Å²) < 4.78 is 18.5. The molecule has 2 fully saturated rings. The Kier molecular flexibility index (Phi) is 36.6. The molecule has 0 aromatic carbocycles. The number of nitrogens with zero attached hydrogens (tertiary/aromatic N) is 1. The van der Waals surface area contributed by atoms with Gasteiger partial charge in [0.1, 0.15) is 12.2 Å². The molecular formula is C57H104INO6. The summed E-state index contributed by atoms with van der Waals surface area (Å²) in [4.78, 5) is 43.0. The molecule has 7 nitrogen and oxygen atoms in total. The van der Waals surface area contributed by atoms with Gasteiger partial charge in [-0.25, -0.2) is 0 Å². The molecule has 1 aliphatic carbocycles. The van der Waals surface area contributed by atoms with Gasteiger partial charge < -0.3 is 19.1 Å². The van der Waals surface area contributed by atoms with Gasteiger partial charge in [0.25, 0.3) is 0 Å². The summed E-state index contributed by atoms with van der Waals surface area (Å²) in [6.45, 7) is 13.1. The van der Waals surface area contributed by atoms with E-state index in [0.29, 0.717) is 12.8 Å². The van der Waals surface area contributed by atoms with Crippen molar-refractivity contribution >= 4 is 40.5 Å². The zero-order valence-electron chi connectivity index (χ0n) is 43.4. The number of rotatable bonds is 43. The zero-order valence-corrected chi connectivity index (χ0v) is 45.6. The van der Waals surface area contributed by atoms with Crippen molar-refractivity contribution in [3.05, 3.63) is 12.2 Å². The van der Waals surface area contributed by atoms with Crippen LogP contribution in [0.5, 0.6) is 0 Å². The minimum Gasteiger partial charge on any atom is -0.465 e. The second-order valence-corrected chi connectivity index (χ2v) is 22.2. The Balaban J connectivity index is 1.94. The molecule has 8 heteroatoms. The van der Waals surface area contributed by atoms with Crippen LogP contribution in [-0.2, 0) is 28.6 Å². The summed E-state index contributed by atoms with van der Waals surface area (Å²) in [5, 5.41) is 0. The Morgan fingerprint density at radius 2 is 1.14 bits per heavy atom. The van der Waals surface area contributed by atoms with Crippen LogP contribution in [0.25, 0.3) is 0 Å². The maximum absolute atomic E-state index is 13.9. The molecule has 0 amide bonds. The van der Waals surface area contributed by atoms with Crippen molar-refractivity contribution in [3.8, 4) is 0 Å². The highest BCUT2D eigenvalue weighted by Gasteiger charge is 2.36. The first-order chi connectivity index (χ1) is 31.7. The Morgan fingerprint density at radius 3 is 1.68 bits per heavy atom. The quantitative estimate of drug-likeness (QED) is 0.0150. The van der Waals surface area contributed by atoms with Crippen molar-refractivity contribution < 1.29 is 28.6 Å². The molecule has 0 N–H and O–H groups in total. The maximum atomic E-state index is 13.9. The van der Waals surface area contributed by atoms with Crippen molar-refractivity contribution in [1.82, 2.24) is 4.90 Å². The molecule has 7 atom stereocenters. The molecule has 0 bridgehead atoms. The summed E-state index contributed by atoms with van der Waals surface area (Å²) in [6, 6.07) is 0. The lowest BCUT2D eigenvalue weighted by Gasteiger charge is -2.32. The lowest BCUT2D eigenvalue weighted by molar-refractivity contribution is -0.158. The SMILES string of the molecule is CC/C=C\CC(C(I)CC(=O)OCCC(CCCCCCCCC1CC1CCCCCCCC)OC(=O)C(CCCCCC)CCCCCCCC)C(CC)OC(=O)C1CCN(C)CC1. The van der Waals surface area contributed by atoms with Crippen LogP contribution in [0.15, 0.2) is 12.2 Å². The number of piperidine rings is 1. The maximum Gasteiger partial charge on any atom is 0.309 e. The summed E-state index contributed by atoms with van der Waals surface area (Å²) >= 11 is 2.39. The van der Waals surface area contributed by atoms with Crippen molar-refractivity contribution in [3.63, 3.8) is 0 Å². The summed E-state index contributed by atoms with van der Waals surface area (Å²) in [5.41, 5.74) is 0. The van der Waals surface area contributed by atoms with E-state index in [1.54, 1.807) is 0 Å². The lowest BCUT2D eigenvalue weighted by atomic mass is 9.90. The van der Waals surface area contributed by atoms with E-state index in [0.717, 1.165) is 95.6 Å². The molecule has 7 unspecified atom stereocenters. The van der Waals surface area contributed by atoms with Gasteiger partial charge in [-0.1, -0.05) is 217 Å². The number of likely N-dealkylation sites (tertiary alicyclic amines) is 1. The van der Waals surface area contributed by atoms with Gasteiger partial charge in [-0.15, -0.1) is 0 Å². The van der Waals surface area contributed by atoms with Crippen LogP contribution in [0.2, 0.25) is 0 Å². The highest BCUT2D eigenvalue weighted by atomic mass is 127. The Hall–Kier alpha value is -1.16. The van der Waals surface area contributed by atoms with Gasteiger partial charge in [0, 0.05) is 16.3 Å². The number of allylic oxidation sites excluding steroid dienone is 2. The molecule has 1 saturated heterocycles. The van der Waals surface area contributed by atoms with E-state index >= 15 is 0 Å². The lowest BCUT2D eigenvalue weighted by Crippen LogP contribution is -2.38. The first-order valence-electron chi connectivity index (χ1n) is 28.2. The number of esters is 3. The minimum absolute atomic E-state index is 0.0151. The average molecular weight is 1030 g/mol. The van der Waals surface area contributed by atoms with Crippen LogP contribution in [0, 0.1) is 29.6 Å². The largest absolute Gasteiger partial charge is 0.465 e. The van der Waals surface area contributed by atoms with Crippen LogP contribution in [0.1, 0.15) is 259 Å². The van der Waals surface area contributed by atoms with Gasteiger partial charge in [-0.05, 0) is 96.2 Å². The third-order valence-corrected chi connectivity index (χ3v) is 16.2. The van der Waals surface area contributed by atoms with Gasteiger partial charge in [0.05, 0.1) is 24.9 Å². The van der Waals surface area contributed by atoms with Crippen molar-refractivity contribution in [2.45, 2.75) is 275 Å². The number of carbonyl (C=O) groups excluding carboxylic acids is 3. The van der Waals surface area contributed by atoms with E-state index in [4.69, 9.17) is 14.2 Å². The molecule has 0 aromatic rings. The first-order valence-corrected chi connectivity index (χ1v) is 29.5. The van der Waals surface area contributed by atoms with Crippen molar-refractivity contribution in [2.75, 3.05) is 26.7 Å². The van der Waals surface area contributed by atoms with Gasteiger partial charge in [0.2, 0.25) is 0 Å². The molecule has 1 aliphatic heterocycles. The smallest absolute Gasteiger partial charge is 0.309 e. The van der Waals surface area contributed by atoms with Crippen molar-refractivity contribution in [2.24, 2.45) is 29.6 Å². The van der Waals surface area contributed by atoms with E-state index in [2.05, 4.69) is 81.3 Å². The molecular weight excluding hydrogens is 922 g/mol. The van der Waals surface area contributed by atoms with Crippen LogP contribution in [-0.4, -0.2) is 65.7 Å². The average Bonchev–Trinajstić information content (AvgIpc) is 4.05. The zero-order chi connectivity index (χ0) is 47.3.